The number of rotatable bonds is 2. The van der Waals surface area contributed by atoms with Gasteiger partial charge >= 0.3 is 0 Å². The van der Waals surface area contributed by atoms with Gasteiger partial charge in [0.05, 0.1) is 0 Å². The highest BCUT2D eigenvalue weighted by Gasteiger charge is 2.22. The average Bonchev–Trinajstić information content (AvgIpc) is 2.76. The van der Waals surface area contributed by atoms with Crippen LogP contribution in [0.4, 0.5) is 5.82 Å². The van der Waals surface area contributed by atoms with Gasteiger partial charge in [-0.05, 0) is 35.1 Å². The number of nitrogens with zero attached hydrogens (tertiary/aromatic N) is 1. The number of anilines is 1. The molecule has 0 amide bonds. The monoisotopic (exact) mass is 226 g/mol. The molecule has 4 N–H and O–H groups in total. The van der Waals surface area contributed by atoms with Crippen LogP contribution in [-0.2, 0) is 6.42 Å². The van der Waals surface area contributed by atoms with Crippen molar-refractivity contribution in [2.75, 3.05) is 5.73 Å². The Morgan fingerprint density at radius 2 is 2.24 bits per heavy atom. The molecule has 3 heterocycles. The molecule has 2 aliphatic heterocycles. The second-order valence-electron chi connectivity index (χ2n) is 4.19. The van der Waals surface area contributed by atoms with Crippen molar-refractivity contribution in [2.24, 2.45) is 0 Å². The first kappa shape index (κ1) is 9.96. The van der Waals surface area contributed by atoms with Crippen LogP contribution in [0, 0.1) is 0 Å². The smallest absolute Gasteiger partial charge is 0.123 e. The Kier molecular flexibility index (Phi) is 2.33. The van der Waals surface area contributed by atoms with Gasteiger partial charge in [0.2, 0.25) is 0 Å². The molecule has 0 aromatic carbocycles. The first-order valence-electron chi connectivity index (χ1n) is 5.61. The first-order valence-corrected chi connectivity index (χ1v) is 5.61. The van der Waals surface area contributed by atoms with Crippen LogP contribution in [0.1, 0.15) is 5.56 Å². The Morgan fingerprint density at radius 1 is 1.29 bits per heavy atom. The quantitative estimate of drug-likeness (QED) is 0.705. The van der Waals surface area contributed by atoms with E-state index >= 15 is 0 Å². The van der Waals surface area contributed by atoms with Crippen molar-refractivity contribution in [3.05, 3.63) is 59.6 Å². The lowest BCUT2D eigenvalue weighted by molar-refractivity contribution is 0.632. The molecule has 3 rings (SSSR count). The van der Waals surface area contributed by atoms with Crippen molar-refractivity contribution in [2.45, 2.75) is 12.6 Å². The summed E-state index contributed by atoms with van der Waals surface area (Å²) in [4.78, 5) is 4.11. The fourth-order valence-electron chi connectivity index (χ4n) is 2.10. The highest BCUT2D eigenvalue weighted by Crippen LogP contribution is 2.24. The van der Waals surface area contributed by atoms with Gasteiger partial charge in [-0.2, -0.15) is 0 Å². The fraction of sp³-hybridized carbons (Fsp3) is 0.154. The van der Waals surface area contributed by atoms with Gasteiger partial charge in [-0.25, -0.2) is 4.98 Å². The lowest BCUT2D eigenvalue weighted by Gasteiger charge is -2.18. The van der Waals surface area contributed by atoms with E-state index in [4.69, 9.17) is 5.73 Å². The number of pyridine rings is 1. The van der Waals surface area contributed by atoms with Crippen LogP contribution >= 0.6 is 0 Å². The zero-order valence-corrected chi connectivity index (χ0v) is 9.35. The van der Waals surface area contributed by atoms with Gasteiger partial charge in [0, 0.05) is 18.8 Å². The Labute approximate surface area is 99.9 Å². The second-order valence-corrected chi connectivity index (χ2v) is 4.19. The SMILES string of the molecule is Nc1ccc(CC2=CNC3NC=CC=C23)cn1. The lowest BCUT2D eigenvalue weighted by Crippen LogP contribution is -2.35. The molecule has 0 aliphatic carbocycles. The average molecular weight is 226 g/mol. The Hall–Kier alpha value is -2.23. The van der Waals surface area contributed by atoms with E-state index in [1.54, 1.807) is 0 Å². The molecule has 0 spiro atoms. The molecule has 0 saturated heterocycles. The summed E-state index contributed by atoms with van der Waals surface area (Å²) in [6.45, 7) is 0. The van der Waals surface area contributed by atoms with Crippen LogP contribution in [0.15, 0.2) is 54.0 Å². The van der Waals surface area contributed by atoms with Gasteiger partial charge in [-0.1, -0.05) is 12.1 Å². The van der Waals surface area contributed by atoms with Gasteiger partial charge in [0.15, 0.2) is 0 Å². The zero-order chi connectivity index (χ0) is 11.7. The lowest BCUT2D eigenvalue weighted by atomic mass is 9.99. The number of dihydropyridines is 1. The molecule has 86 valence electrons. The van der Waals surface area contributed by atoms with Crippen LogP contribution in [0.3, 0.4) is 0 Å². The van der Waals surface area contributed by atoms with Crippen LogP contribution in [0.25, 0.3) is 0 Å². The Morgan fingerprint density at radius 3 is 3.06 bits per heavy atom. The third kappa shape index (κ3) is 1.89. The molecular weight excluding hydrogens is 212 g/mol. The fourth-order valence-corrected chi connectivity index (χ4v) is 2.10. The Bertz CT molecular complexity index is 511. The van der Waals surface area contributed by atoms with Crippen molar-refractivity contribution >= 4 is 5.82 Å². The molecule has 4 nitrogen and oxygen atoms in total. The van der Waals surface area contributed by atoms with Gasteiger partial charge in [-0.15, -0.1) is 0 Å². The van der Waals surface area contributed by atoms with E-state index in [0.717, 1.165) is 6.42 Å². The number of allylic oxidation sites excluding steroid dienone is 2. The minimum Gasteiger partial charge on any atom is -0.384 e. The third-order valence-electron chi connectivity index (χ3n) is 2.98. The number of fused-ring (bicyclic) bond motifs is 1. The van der Waals surface area contributed by atoms with E-state index in [0.29, 0.717) is 5.82 Å². The van der Waals surface area contributed by atoms with E-state index in [-0.39, 0.29) is 6.17 Å². The number of hydrogen-bond acceptors (Lipinski definition) is 4. The highest BCUT2D eigenvalue weighted by molar-refractivity contribution is 5.46. The maximum Gasteiger partial charge on any atom is 0.123 e. The molecular formula is C13H14N4. The van der Waals surface area contributed by atoms with E-state index < -0.39 is 0 Å². The maximum atomic E-state index is 5.57. The Balaban J connectivity index is 1.80. The molecule has 0 bridgehead atoms. The summed E-state index contributed by atoms with van der Waals surface area (Å²) in [5.41, 5.74) is 9.33. The van der Waals surface area contributed by atoms with Gasteiger partial charge < -0.3 is 16.4 Å². The molecule has 0 saturated carbocycles. The number of nitrogen functional groups attached to an aromatic ring is 1. The number of hydrogen-bond donors (Lipinski definition) is 3. The third-order valence-corrected chi connectivity index (χ3v) is 2.98. The van der Waals surface area contributed by atoms with Crippen LogP contribution in [0.2, 0.25) is 0 Å². The minimum absolute atomic E-state index is 0.219. The van der Waals surface area contributed by atoms with Crippen LogP contribution in [-0.4, -0.2) is 11.1 Å². The topological polar surface area (TPSA) is 63.0 Å². The predicted octanol–water partition coefficient (Wildman–Crippen LogP) is 1.06. The normalized spacial score (nSPS) is 21.1. The van der Waals surface area contributed by atoms with E-state index in [9.17, 15) is 0 Å². The van der Waals surface area contributed by atoms with Crippen LogP contribution < -0.4 is 16.4 Å². The van der Waals surface area contributed by atoms with Crippen molar-refractivity contribution in [1.29, 1.82) is 0 Å². The molecule has 0 radical (unpaired) electrons. The summed E-state index contributed by atoms with van der Waals surface area (Å²) in [5, 5.41) is 6.56. The van der Waals surface area contributed by atoms with E-state index in [2.05, 4.69) is 27.9 Å². The van der Waals surface area contributed by atoms with Crippen LogP contribution in [0.5, 0.6) is 0 Å². The van der Waals surface area contributed by atoms with Crippen molar-refractivity contribution in [1.82, 2.24) is 15.6 Å². The summed E-state index contributed by atoms with van der Waals surface area (Å²) >= 11 is 0. The summed E-state index contributed by atoms with van der Waals surface area (Å²) in [6, 6.07) is 3.85. The van der Waals surface area contributed by atoms with Gasteiger partial charge in [-0.3, -0.25) is 0 Å². The van der Waals surface area contributed by atoms with Crippen molar-refractivity contribution in [3.8, 4) is 0 Å². The first-order chi connectivity index (χ1) is 8.33. The molecule has 0 fully saturated rings. The zero-order valence-electron chi connectivity index (χ0n) is 9.35. The molecule has 4 heteroatoms. The summed E-state index contributed by atoms with van der Waals surface area (Å²) < 4.78 is 0. The van der Waals surface area contributed by atoms with E-state index in [1.165, 1.54) is 16.7 Å². The summed E-state index contributed by atoms with van der Waals surface area (Å²) in [6.07, 6.45) is 11.1. The number of nitrogens with two attached hydrogens (primary N) is 1. The summed E-state index contributed by atoms with van der Waals surface area (Å²) in [5.74, 6) is 0.562. The van der Waals surface area contributed by atoms with Crippen molar-refractivity contribution in [3.63, 3.8) is 0 Å². The van der Waals surface area contributed by atoms with Crippen molar-refractivity contribution < 1.29 is 0 Å². The molecule has 1 aromatic heterocycles. The predicted molar refractivity (Wildman–Crippen MR) is 67.7 cm³/mol. The molecule has 1 aromatic rings. The molecule has 1 atom stereocenters. The maximum absolute atomic E-state index is 5.57. The largest absolute Gasteiger partial charge is 0.384 e. The molecule has 1 unspecified atom stereocenters. The molecule has 2 aliphatic rings. The highest BCUT2D eigenvalue weighted by atomic mass is 15.1. The van der Waals surface area contributed by atoms with Gasteiger partial charge in [0.1, 0.15) is 12.0 Å². The van der Waals surface area contributed by atoms with Gasteiger partial charge in [0.25, 0.3) is 0 Å². The second kappa shape index (κ2) is 3.97. The minimum atomic E-state index is 0.219. The summed E-state index contributed by atoms with van der Waals surface area (Å²) in [7, 11) is 0. The van der Waals surface area contributed by atoms with E-state index in [1.807, 2.05) is 30.6 Å². The molecule has 17 heavy (non-hydrogen) atoms. The number of aromatic nitrogens is 1. The standard InChI is InChI=1S/C13H14N4/c14-12-4-3-9(7-16-12)6-10-8-17-13-11(10)2-1-5-15-13/h1-5,7-8,13,15,17H,6H2,(H2,14,16). The number of nitrogens with one attached hydrogen (secondary N) is 2.